The highest BCUT2D eigenvalue weighted by Gasteiger charge is 2.17. The molecule has 1 atom stereocenters. The lowest BCUT2D eigenvalue weighted by Crippen LogP contribution is -2.43. The molecule has 0 spiro atoms. The van der Waals surface area contributed by atoms with Gasteiger partial charge < -0.3 is 9.22 Å². The molecule has 0 amide bonds. The summed E-state index contributed by atoms with van der Waals surface area (Å²) in [4.78, 5) is 11.6. The third kappa shape index (κ3) is 10.2. The van der Waals surface area contributed by atoms with E-state index in [1.807, 2.05) is 13.8 Å². The molecule has 0 aliphatic rings. The van der Waals surface area contributed by atoms with Gasteiger partial charge in [-0.05, 0) is 19.3 Å². The molecule has 0 saturated heterocycles. The van der Waals surface area contributed by atoms with Gasteiger partial charge in [0.25, 0.3) is 0 Å². The molecule has 20 heavy (non-hydrogen) atoms. The van der Waals surface area contributed by atoms with Gasteiger partial charge in [0.2, 0.25) is 0 Å². The molecule has 0 saturated carbocycles. The average molecular weight is 286 g/mol. The first-order valence-electron chi connectivity index (χ1n) is 8.41. The molecule has 0 fully saturated rings. The maximum absolute atomic E-state index is 11.6. The van der Waals surface area contributed by atoms with Gasteiger partial charge in [-0.3, -0.25) is 4.79 Å². The summed E-state index contributed by atoms with van der Waals surface area (Å²) >= 11 is 0. The summed E-state index contributed by atoms with van der Waals surface area (Å²) in [7, 11) is 4.45. The van der Waals surface area contributed by atoms with Crippen LogP contribution in [0.25, 0.3) is 0 Å². The second-order valence-electron chi connectivity index (χ2n) is 6.63. The number of ether oxygens (including phenoxy) is 1. The molecule has 0 bridgehead atoms. The van der Waals surface area contributed by atoms with Gasteiger partial charge in [0, 0.05) is 0 Å². The molecule has 1 unspecified atom stereocenters. The first-order valence-corrected chi connectivity index (χ1v) is 8.41. The number of carbonyl (C=O) groups is 1. The highest BCUT2D eigenvalue weighted by molar-refractivity contribution is 5.71. The molecule has 0 aromatic rings. The third-order valence-corrected chi connectivity index (χ3v) is 4.07. The zero-order valence-corrected chi connectivity index (χ0v) is 14.4. The van der Waals surface area contributed by atoms with Crippen LogP contribution in [0.4, 0.5) is 0 Å². The van der Waals surface area contributed by atoms with Crippen LogP contribution < -0.4 is 0 Å². The second-order valence-corrected chi connectivity index (χ2v) is 6.63. The van der Waals surface area contributed by atoms with Crippen LogP contribution in [0.5, 0.6) is 0 Å². The predicted molar refractivity (Wildman–Crippen MR) is 85.6 cm³/mol. The minimum Gasteiger partial charge on any atom is -0.459 e. The monoisotopic (exact) mass is 286 g/mol. The van der Waals surface area contributed by atoms with E-state index >= 15 is 0 Å². The van der Waals surface area contributed by atoms with E-state index in [2.05, 4.69) is 21.0 Å². The van der Waals surface area contributed by atoms with Crippen LogP contribution in [0.3, 0.4) is 0 Å². The first-order chi connectivity index (χ1) is 9.43. The van der Waals surface area contributed by atoms with Crippen molar-refractivity contribution in [1.82, 2.24) is 0 Å². The molecule has 120 valence electrons. The number of nitrogens with zero attached hydrogens (tertiary/aromatic N) is 1. The molecule has 0 aliphatic heterocycles. The highest BCUT2D eigenvalue weighted by atomic mass is 16.5. The fourth-order valence-electron chi connectivity index (χ4n) is 2.13. The van der Waals surface area contributed by atoms with Gasteiger partial charge in [-0.25, -0.2) is 0 Å². The third-order valence-electron chi connectivity index (χ3n) is 4.07. The molecule has 0 radical (unpaired) electrons. The highest BCUT2D eigenvalue weighted by Crippen LogP contribution is 2.09. The van der Waals surface area contributed by atoms with Gasteiger partial charge in [0.05, 0.1) is 26.6 Å². The summed E-state index contributed by atoms with van der Waals surface area (Å²) in [5.74, 6) is -0.0174. The van der Waals surface area contributed by atoms with Gasteiger partial charge in [-0.15, -0.1) is 0 Å². The summed E-state index contributed by atoms with van der Waals surface area (Å²) in [6.07, 6.45) is 8.86. The van der Waals surface area contributed by atoms with Crippen LogP contribution in [0, 0.1) is 5.92 Å². The Morgan fingerprint density at radius 1 is 1.00 bits per heavy atom. The van der Waals surface area contributed by atoms with Crippen molar-refractivity contribution in [3.8, 4) is 0 Å². The number of carbonyl (C=O) groups excluding carboxylic acids is 1. The quantitative estimate of drug-likeness (QED) is 0.308. The fraction of sp³-hybridized carbons (Fsp3) is 0.941. The van der Waals surface area contributed by atoms with Crippen molar-refractivity contribution >= 4 is 5.97 Å². The molecule has 0 aromatic carbocycles. The zero-order valence-electron chi connectivity index (χ0n) is 14.4. The molecule has 0 N–H and O–H groups in total. The van der Waals surface area contributed by atoms with Crippen LogP contribution in [-0.2, 0) is 9.53 Å². The van der Waals surface area contributed by atoms with E-state index in [0.717, 1.165) is 17.4 Å². The van der Waals surface area contributed by atoms with E-state index in [4.69, 9.17) is 4.74 Å². The van der Waals surface area contributed by atoms with Crippen LogP contribution >= 0.6 is 0 Å². The van der Waals surface area contributed by atoms with Gasteiger partial charge >= 0.3 is 5.97 Å². The summed E-state index contributed by atoms with van der Waals surface area (Å²) in [5.41, 5.74) is 0. The predicted octanol–water partition coefficient (Wildman–Crippen LogP) is 4.01. The van der Waals surface area contributed by atoms with Crippen LogP contribution in [-0.4, -0.2) is 44.2 Å². The Morgan fingerprint density at radius 2 is 1.60 bits per heavy atom. The van der Waals surface area contributed by atoms with E-state index < -0.39 is 0 Å². The SMILES string of the molecule is CCCCCCCC[N+](C)(C)CCOC(=O)C(C)CC. The van der Waals surface area contributed by atoms with E-state index in [9.17, 15) is 4.79 Å². The minimum absolute atomic E-state index is 0.0316. The standard InChI is InChI=1S/C17H36NO2/c1-6-8-9-10-11-12-13-18(4,5)14-15-20-17(19)16(3)7-2/h16H,6-15H2,1-5H3/q+1. The van der Waals surface area contributed by atoms with Crippen molar-refractivity contribution < 1.29 is 14.0 Å². The average Bonchev–Trinajstić information content (AvgIpc) is 2.41. The van der Waals surface area contributed by atoms with Crippen molar-refractivity contribution in [3.05, 3.63) is 0 Å². The summed E-state index contributed by atoms with van der Waals surface area (Å²) in [6.45, 7) is 8.83. The first kappa shape index (κ1) is 19.4. The number of hydrogen-bond donors (Lipinski definition) is 0. The maximum atomic E-state index is 11.6. The Bertz CT molecular complexity index is 251. The summed E-state index contributed by atoms with van der Waals surface area (Å²) in [5, 5.41) is 0. The largest absolute Gasteiger partial charge is 0.459 e. The minimum atomic E-state index is -0.0490. The second kappa shape index (κ2) is 11.1. The molecular weight excluding hydrogens is 250 g/mol. The summed E-state index contributed by atoms with van der Waals surface area (Å²) < 4.78 is 6.28. The fourth-order valence-corrected chi connectivity index (χ4v) is 2.13. The van der Waals surface area contributed by atoms with E-state index in [1.165, 1.54) is 45.1 Å². The van der Waals surface area contributed by atoms with E-state index in [1.54, 1.807) is 0 Å². The topological polar surface area (TPSA) is 26.3 Å². The van der Waals surface area contributed by atoms with Crippen LogP contribution in [0.1, 0.15) is 65.7 Å². The number of hydrogen-bond acceptors (Lipinski definition) is 2. The maximum Gasteiger partial charge on any atom is 0.308 e. The van der Waals surface area contributed by atoms with Crippen LogP contribution in [0.15, 0.2) is 0 Å². The number of likely N-dealkylation sites (N-methyl/N-ethyl adjacent to an activating group) is 1. The molecule has 0 aliphatic carbocycles. The van der Waals surface area contributed by atoms with E-state index in [-0.39, 0.29) is 11.9 Å². The number of rotatable bonds is 12. The van der Waals surface area contributed by atoms with Crippen molar-refractivity contribution in [2.75, 3.05) is 33.8 Å². The number of unbranched alkanes of at least 4 members (excludes halogenated alkanes) is 5. The Morgan fingerprint density at radius 3 is 2.20 bits per heavy atom. The Balaban J connectivity index is 3.66. The van der Waals surface area contributed by atoms with Gasteiger partial charge in [0.15, 0.2) is 0 Å². The van der Waals surface area contributed by atoms with Gasteiger partial charge in [-0.2, -0.15) is 0 Å². The zero-order chi connectivity index (χ0) is 15.4. The smallest absolute Gasteiger partial charge is 0.308 e. The van der Waals surface area contributed by atoms with Gasteiger partial charge in [-0.1, -0.05) is 46.5 Å². The Kier molecular flexibility index (Phi) is 10.8. The van der Waals surface area contributed by atoms with Crippen molar-refractivity contribution in [2.24, 2.45) is 5.92 Å². The lowest BCUT2D eigenvalue weighted by atomic mass is 10.1. The van der Waals surface area contributed by atoms with E-state index in [0.29, 0.717) is 6.61 Å². The molecule has 0 aromatic heterocycles. The van der Waals surface area contributed by atoms with Gasteiger partial charge in [0.1, 0.15) is 13.2 Å². The summed E-state index contributed by atoms with van der Waals surface area (Å²) in [6, 6.07) is 0. The van der Waals surface area contributed by atoms with Crippen LogP contribution in [0.2, 0.25) is 0 Å². The molecule has 3 heteroatoms. The Labute approximate surface area is 126 Å². The lowest BCUT2D eigenvalue weighted by Gasteiger charge is -2.29. The molecule has 0 heterocycles. The molecule has 3 nitrogen and oxygen atoms in total. The Hall–Kier alpha value is -0.570. The number of quaternary nitrogens is 1. The van der Waals surface area contributed by atoms with Crippen molar-refractivity contribution in [2.45, 2.75) is 65.7 Å². The molecular formula is C17H36NO2+. The molecule has 0 rings (SSSR count). The lowest BCUT2D eigenvalue weighted by molar-refractivity contribution is -0.890. The number of esters is 1. The van der Waals surface area contributed by atoms with Crippen molar-refractivity contribution in [3.63, 3.8) is 0 Å². The normalized spacial score (nSPS) is 13.2. The van der Waals surface area contributed by atoms with Crippen molar-refractivity contribution in [1.29, 1.82) is 0 Å².